The highest BCUT2D eigenvalue weighted by Gasteiger charge is 2.28. The molecule has 3 aromatic rings. The second kappa shape index (κ2) is 9.64. The summed E-state index contributed by atoms with van der Waals surface area (Å²) in [5.41, 5.74) is 3.48. The molecule has 0 atom stereocenters. The second-order valence-corrected chi connectivity index (χ2v) is 8.38. The summed E-state index contributed by atoms with van der Waals surface area (Å²) < 4.78 is 24.9. The fraction of sp³-hybridized carbons (Fsp3) is 0.320. The lowest BCUT2D eigenvalue weighted by Gasteiger charge is -2.32. The van der Waals surface area contributed by atoms with Crippen LogP contribution in [0.25, 0.3) is 0 Å². The number of carbonyl (C=O) groups is 1. The molecule has 0 bridgehead atoms. The SMILES string of the molecule is Cc1ccc(NC(=O)N2CCc3nc(N4CCOCC4)nc(Oc4ccc(F)cc4)c3C2)cc1. The van der Waals surface area contributed by atoms with Crippen molar-refractivity contribution in [3.8, 4) is 11.6 Å². The normalized spacial score (nSPS) is 15.6. The van der Waals surface area contributed by atoms with Crippen LogP contribution in [0, 0.1) is 12.7 Å². The number of anilines is 2. The van der Waals surface area contributed by atoms with Crippen molar-refractivity contribution in [2.45, 2.75) is 19.9 Å². The summed E-state index contributed by atoms with van der Waals surface area (Å²) >= 11 is 0. The first-order valence-corrected chi connectivity index (χ1v) is 11.3. The highest BCUT2D eigenvalue weighted by Crippen LogP contribution is 2.32. The maximum atomic E-state index is 13.4. The van der Waals surface area contributed by atoms with Gasteiger partial charge in [-0.2, -0.15) is 4.98 Å². The van der Waals surface area contributed by atoms with E-state index in [1.807, 2.05) is 31.2 Å². The summed E-state index contributed by atoms with van der Waals surface area (Å²) in [5, 5.41) is 2.95. The number of halogens is 1. The Kier molecular flexibility index (Phi) is 6.27. The van der Waals surface area contributed by atoms with Gasteiger partial charge in [0.15, 0.2) is 0 Å². The lowest BCUT2D eigenvalue weighted by Crippen LogP contribution is -2.41. The first kappa shape index (κ1) is 22.1. The number of benzene rings is 2. The van der Waals surface area contributed by atoms with Crippen molar-refractivity contribution in [1.29, 1.82) is 0 Å². The van der Waals surface area contributed by atoms with Crippen LogP contribution in [0.2, 0.25) is 0 Å². The van der Waals surface area contributed by atoms with Gasteiger partial charge in [0.25, 0.3) is 0 Å². The van der Waals surface area contributed by atoms with E-state index in [2.05, 4.69) is 10.2 Å². The van der Waals surface area contributed by atoms with E-state index in [1.165, 1.54) is 12.1 Å². The van der Waals surface area contributed by atoms with Gasteiger partial charge in [-0.3, -0.25) is 0 Å². The highest BCUT2D eigenvalue weighted by molar-refractivity contribution is 5.89. The third kappa shape index (κ3) is 4.94. The van der Waals surface area contributed by atoms with Crippen LogP contribution >= 0.6 is 0 Å². The first-order valence-electron chi connectivity index (χ1n) is 11.3. The minimum atomic E-state index is -0.343. The van der Waals surface area contributed by atoms with E-state index in [-0.39, 0.29) is 11.8 Å². The number of aromatic nitrogens is 2. The van der Waals surface area contributed by atoms with Crippen LogP contribution in [0.5, 0.6) is 11.6 Å². The van der Waals surface area contributed by atoms with Crippen LogP contribution in [0.3, 0.4) is 0 Å². The summed E-state index contributed by atoms with van der Waals surface area (Å²) in [6.45, 7) is 5.46. The zero-order valence-electron chi connectivity index (χ0n) is 19.0. The molecule has 0 radical (unpaired) electrons. The molecule has 0 unspecified atom stereocenters. The molecule has 0 spiro atoms. The van der Waals surface area contributed by atoms with Gasteiger partial charge in [-0.05, 0) is 43.3 Å². The molecule has 2 aliphatic rings. The quantitative estimate of drug-likeness (QED) is 0.627. The summed E-state index contributed by atoms with van der Waals surface area (Å²) in [6.07, 6.45) is 0.580. The van der Waals surface area contributed by atoms with Crippen LogP contribution in [0.15, 0.2) is 48.5 Å². The second-order valence-electron chi connectivity index (χ2n) is 8.38. The number of hydrogen-bond acceptors (Lipinski definition) is 6. The van der Waals surface area contributed by atoms with Gasteiger partial charge in [0.05, 0.1) is 31.0 Å². The molecule has 2 aromatic carbocycles. The van der Waals surface area contributed by atoms with Gasteiger partial charge in [0, 0.05) is 31.7 Å². The molecule has 2 aliphatic heterocycles. The molecule has 9 heteroatoms. The average Bonchev–Trinajstić information content (AvgIpc) is 2.87. The van der Waals surface area contributed by atoms with E-state index in [4.69, 9.17) is 19.4 Å². The fourth-order valence-corrected chi connectivity index (χ4v) is 3.99. The Balaban J connectivity index is 1.42. The van der Waals surface area contributed by atoms with Crippen molar-refractivity contribution in [2.75, 3.05) is 43.1 Å². The number of carbonyl (C=O) groups excluding carboxylic acids is 1. The molecule has 5 rings (SSSR count). The number of rotatable bonds is 4. The Bertz CT molecular complexity index is 1160. The molecule has 1 saturated heterocycles. The Hall–Kier alpha value is -3.72. The molecular formula is C25H26FN5O3. The van der Waals surface area contributed by atoms with Crippen LogP contribution in [0.1, 0.15) is 16.8 Å². The van der Waals surface area contributed by atoms with Crippen molar-refractivity contribution >= 4 is 17.7 Å². The lowest BCUT2D eigenvalue weighted by molar-refractivity contribution is 0.122. The van der Waals surface area contributed by atoms with Gasteiger partial charge in [-0.15, -0.1) is 0 Å². The van der Waals surface area contributed by atoms with Crippen LogP contribution in [-0.2, 0) is 17.7 Å². The number of hydrogen-bond donors (Lipinski definition) is 1. The van der Waals surface area contributed by atoms with Crippen molar-refractivity contribution in [2.24, 2.45) is 0 Å². The zero-order valence-corrected chi connectivity index (χ0v) is 19.0. The number of fused-ring (bicyclic) bond motifs is 1. The largest absolute Gasteiger partial charge is 0.438 e. The van der Waals surface area contributed by atoms with E-state index in [0.29, 0.717) is 63.4 Å². The number of ether oxygens (including phenoxy) is 2. The molecule has 2 amide bonds. The molecule has 1 fully saturated rings. The molecule has 0 aliphatic carbocycles. The van der Waals surface area contributed by atoms with Crippen LogP contribution in [0.4, 0.5) is 20.8 Å². The maximum Gasteiger partial charge on any atom is 0.322 e. The number of nitrogens with zero attached hydrogens (tertiary/aromatic N) is 4. The number of nitrogens with one attached hydrogen (secondary N) is 1. The van der Waals surface area contributed by atoms with Crippen molar-refractivity contribution in [1.82, 2.24) is 14.9 Å². The zero-order chi connectivity index (χ0) is 23.5. The number of aryl methyl sites for hydroxylation is 1. The standard InChI is InChI=1S/C25H26FN5O3/c1-17-2-6-19(7-3-17)27-25(32)31-11-10-22-21(16-31)23(34-20-8-4-18(26)5-9-20)29-24(28-22)30-12-14-33-15-13-30/h2-9H,10-16H2,1H3,(H,27,32). The lowest BCUT2D eigenvalue weighted by atomic mass is 10.1. The summed E-state index contributed by atoms with van der Waals surface area (Å²) in [7, 11) is 0. The smallest absolute Gasteiger partial charge is 0.322 e. The number of amides is 2. The van der Waals surface area contributed by atoms with Crippen LogP contribution < -0.4 is 15.0 Å². The Morgan fingerprint density at radius 2 is 1.76 bits per heavy atom. The maximum absolute atomic E-state index is 13.4. The summed E-state index contributed by atoms with van der Waals surface area (Å²) in [5.74, 6) is 1.09. The van der Waals surface area contributed by atoms with E-state index in [1.54, 1.807) is 17.0 Å². The first-order chi connectivity index (χ1) is 16.5. The van der Waals surface area contributed by atoms with Crippen LogP contribution in [-0.4, -0.2) is 53.7 Å². The molecule has 3 heterocycles. The Labute approximate surface area is 197 Å². The molecule has 34 heavy (non-hydrogen) atoms. The molecular weight excluding hydrogens is 437 g/mol. The molecule has 1 N–H and O–H groups in total. The number of morpholine rings is 1. The minimum Gasteiger partial charge on any atom is -0.438 e. The summed E-state index contributed by atoms with van der Waals surface area (Å²) in [6, 6.07) is 13.3. The average molecular weight is 464 g/mol. The molecule has 0 saturated carbocycles. The van der Waals surface area contributed by atoms with Gasteiger partial charge >= 0.3 is 6.03 Å². The van der Waals surface area contributed by atoms with E-state index in [0.717, 1.165) is 22.5 Å². The van der Waals surface area contributed by atoms with Gasteiger partial charge in [-0.25, -0.2) is 14.2 Å². The summed E-state index contributed by atoms with van der Waals surface area (Å²) in [4.78, 5) is 26.2. The number of urea groups is 1. The van der Waals surface area contributed by atoms with Crippen molar-refractivity contribution < 1.29 is 18.7 Å². The minimum absolute atomic E-state index is 0.195. The van der Waals surface area contributed by atoms with E-state index < -0.39 is 0 Å². The van der Waals surface area contributed by atoms with Crippen molar-refractivity contribution in [3.05, 3.63) is 71.2 Å². The molecule has 8 nitrogen and oxygen atoms in total. The predicted molar refractivity (Wildman–Crippen MR) is 126 cm³/mol. The van der Waals surface area contributed by atoms with E-state index >= 15 is 0 Å². The van der Waals surface area contributed by atoms with Gasteiger partial charge in [-0.1, -0.05) is 17.7 Å². The highest BCUT2D eigenvalue weighted by atomic mass is 19.1. The molecule has 1 aromatic heterocycles. The topological polar surface area (TPSA) is 79.8 Å². The van der Waals surface area contributed by atoms with E-state index in [9.17, 15) is 9.18 Å². The third-order valence-electron chi connectivity index (χ3n) is 5.92. The van der Waals surface area contributed by atoms with Gasteiger partial charge < -0.3 is 24.6 Å². The monoisotopic (exact) mass is 463 g/mol. The van der Waals surface area contributed by atoms with Gasteiger partial charge in [0.1, 0.15) is 11.6 Å². The van der Waals surface area contributed by atoms with Gasteiger partial charge in [0.2, 0.25) is 11.8 Å². The Morgan fingerprint density at radius 3 is 2.50 bits per heavy atom. The molecule has 176 valence electrons. The fourth-order valence-electron chi connectivity index (χ4n) is 3.99. The predicted octanol–water partition coefficient (Wildman–Crippen LogP) is 4.14. The Morgan fingerprint density at radius 1 is 1.03 bits per heavy atom. The third-order valence-corrected chi connectivity index (χ3v) is 5.92. The van der Waals surface area contributed by atoms with Crippen molar-refractivity contribution in [3.63, 3.8) is 0 Å².